The lowest BCUT2D eigenvalue weighted by Gasteiger charge is -2.30. The van der Waals surface area contributed by atoms with Gasteiger partial charge in [-0.05, 0) is 27.2 Å². The summed E-state index contributed by atoms with van der Waals surface area (Å²) < 4.78 is 0. The Bertz CT molecular complexity index is 270. The number of allylic oxidation sites excluding steroid dienone is 2. The fourth-order valence-electron chi connectivity index (χ4n) is 1.03. The largest absolute Gasteiger partial charge is 0.352 e. The average molecular weight is 258 g/mol. The molecule has 1 rings (SSSR count). The van der Waals surface area contributed by atoms with Gasteiger partial charge in [-0.3, -0.25) is 0 Å². The van der Waals surface area contributed by atoms with E-state index >= 15 is 0 Å². The molecule has 6 nitrogen and oxygen atoms in total. The van der Waals surface area contributed by atoms with Gasteiger partial charge in [-0.25, -0.2) is 9.59 Å². The number of nitrogens with two attached hydrogens (primary N) is 2. The molecule has 4 N–H and O–H groups in total. The van der Waals surface area contributed by atoms with E-state index in [1.54, 1.807) is 9.80 Å². The van der Waals surface area contributed by atoms with Crippen molar-refractivity contribution in [3.8, 4) is 0 Å². The second-order valence-electron chi connectivity index (χ2n) is 4.25. The lowest BCUT2D eigenvalue weighted by atomic mass is 10.3. The number of hydrogen-bond acceptors (Lipinski definition) is 2. The van der Waals surface area contributed by atoms with Crippen LogP contribution in [-0.4, -0.2) is 49.0 Å². The van der Waals surface area contributed by atoms with E-state index < -0.39 is 6.03 Å². The fourth-order valence-corrected chi connectivity index (χ4v) is 1.03. The lowest BCUT2D eigenvalue weighted by Crippen LogP contribution is -2.44. The summed E-state index contributed by atoms with van der Waals surface area (Å²) in [6.07, 6.45) is 3.18. The Morgan fingerprint density at radius 1 is 1.17 bits per heavy atom. The van der Waals surface area contributed by atoms with Crippen molar-refractivity contribution < 1.29 is 9.59 Å². The molecule has 1 fully saturated rings. The van der Waals surface area contributed by atoms with E-state index in [0.29, 0.717) is 0 Å². The molecule has 4 amide bonds. The Kier molecular flexibility index (Phi) is 10.8. The number of carbonyl (C=O) groups excluding carboxylic acids is 2. The average Bonchev–Trinajstić information content (AvgIpc) is 2.26. The molecule has 1 aliphatic heterocycles. The monoisotopic (exact) mass is 258 g/mol. The van der Waals surface area contributed by atoms with Crippen molar-refractivity contribution in [3.05, 3.63) is 11.6 Å². The standard InChI is InChI=1S/C6H12N2O.C5H10.CH4N2O/c1-7-4-3-5-8(2)6(7)9;1-4-5(2)3;2-1(3)4/h3-5H2,1-2H3;4H,1-3H3;(H4,2,3,4). The number of urea groups is 2. The summed E-state index contributed by atoms with van der Waals surface area (Å²) in [6.45, 7) is 8.02. The molecule has 0 radical (unpaired) electrons. The molecule has 0 atom stereocenters. The third-order valence-corrected chi connectivity index (χ3v) is 2.22. The number of hydrogen-bond donors (Lipinski definition) is 2. The van der Waals surface area contributed by atoms with Crippen LogP contribution in [0.25, 0.3) is 0 Å². The van der Waals surface area contributed by atoms with Crippen molar-refractivity contribution in [2.75, 3.05) is 27.2 Å². The highest BCUT2D eigenvalue weighted by atomic mass is 16.2. The third-order valence-electron chi connectivity index (χ3n) is 2.22. The van der Waals surface area contributed by atoms with Gasteiger partial charge in [0.1, 0.15) is 0 Å². The molecular formula is C12H26N4O2. The van der Waals surface area contributed by atoms with Crippen LogP contribution in [0, 0.1) is 0 Å². The quantitative estimate of drug-likeness (QED) is 0.642. The molecular weight excluding hydrogens is 232 g/mol. The molecule has 0 aromatic rings. The first-order chi connectivity index (χ1) is 8.22. The normalized spacial score (nSPS) is 13.7. The van der Waals surface area contributed by atoms with Crippen LogP contribution in [0.5, 0.6) is 0 Å². The molecule has 0 aliphatic carbocycles. The Morgan fingerprint density at radius 2 is 1.44 bits per heavy atom. The predicted octanol–water partition coefficient (Wildman–Crippen LogP) is 1.37. The summed E-state index contributed by atoms with van der Waals surface area (Å²) in [5.74, 6) is 0. The van der Waals surface area contributed by atoms with Crippen LogP contribution in [0.3, 0.4) is 0 Å². The van der Waals surface area contributed by atoms with E-state index in [2.05, 4.69) is 31.4 Å². The zero-order chi connectivity index (χ0) is 14.7. The molecule has 106 valence electrons. The van der Waals surface area contributed by atoms with Crippen molar-refractivity contribution >= 4 is 12.1 Å². The minimum absolute atomic E-state index is 0.140. The summed E-state index contributed by atoms with van der Waals surface area (Å²) in [7, 11) is 3.66. The van der Waals surface area contributed by atoms with Crippen LogP contribution < -0.4 is 11.5 Å². The number of amides is 4. The van der Waals surface area contributed by atoms with Crippen LogP contribution in [-0.2, 0) is 0 Å². The highest BCUT2D eigenvalue weighted by Crippen LogP contribution is 2.02. The van der Waals surface area contributed by atoms with Crippen molar-refractivity contribution in [3.63, 3.8) is 0 Å². The van der Waals surface area contributed by atoms with Gasteiger partial charge in [-0.2, -0.15) is 0 Å². The smallest absolute Gasteiger partial charge is 0.319 e. The Balaban J connectivity index is 0. The zero-order valence-corrected chi connectivity index (χ0v) is 12.1. The summed E-state index contributed by atoms with van der Waals surface area (Å²) in [5, 5.41) is 0. The van der Waals surface area contributed by atoms with Gasteiger partial charge in [0, 0.05) is 27.2 Å². The number of rotatable bonds is 0. The second kappa shape index (κ2) is 10.4. The first-order valence-electron chi connectivity index (χ1n) is 5.83. The van der Waals surface area contributed by atoms with E-state index in [1.165, 1.54) is 5.57 Å². The van der Waals surface area contributed by atoms with Crippen LogP contribution in [0.1, 0.15) is 27.2 Å². The van der Waals surface area contributed by atoms with E-state index in [9.17, 15) is 4.79 Å². The molecule has 0 bridgehead atoms. The molecule has 0 spiro atoms. The van der Waals surface area contributed by atoms with Crippen LogP contribution in [0.4, 0.5) is 9.59 Å². The first-order valence-corrected chi connectivity index (χ1v) is 5.83. The summed E-state index contributed by atoms with van der Waals surface area (Å²) >= 11 is 0. The molecule has 18 heavy (non-hydrogen) atoms. The maximum absolute atomic E-state index is 11.0. The highest BCUT2D eigenvalue weighted by Gasteiger charge is 2.17. The van der Waals surface area contributed by atoms with E-state index in [4.69, 9.17) is 4.79 Å². The van der Waals surface area contributed by atoms with Gasteiger partial charge >= 0.3 is 12.1 Å². The van der Waals surface area contributed by atoms with Crippen LogP contribution >= 0.6 is 0 Å². The molecule has 0 unspecified atom stereocenters. The van der Waals surface area contributed by atoms with Crippen molar-refractivity contribution in [1.29, 1.82) is 0 Å². The van der Waals surface area contributed by atoms with Crippen LogP contribution in [0.15, 0.2) is 11.6 Å². The molecule has 1 aliphatic rings. The lowest BCUT2D eigenvalue weighted by molar-refractivity contribution is 0.153. The minimum atomic E-state index is -0.833. The maximum Gasteiger partial charge on any atom is 0.319 e. The third kappa shape index (κ3) is 12.4. The maximum atomic E-state index is 11.0. The Labute approximate surface area is 110 Å². The second-order valence-corrected chi connectivity index (χ2v) is 4.25. The Hall–Kier alpha value is -1.72. The topological polar surface area (TPSA) is 92.7 Å². The van der Waals surface area contributed by atoms with Crippen molar-refractivity contribution in [1.82, 2.24) is 9.80 Å². The summed E-state index contributed by atoms with van der Waals surface area (Å²) in [6, 6.07) is -0.693. The molecule has 1 heterocycles. The molecule has 0 aromatic carbocycles. The van der Waals surface area contributed by atoms with Gasteiger partial charge in [0.2, 0.25) is 0 Å². The summed E-state index contributed by atoms with van der Waals surface area (Å²) in [4.78, 5) is 23.5. The van der Waals surface area contributed by atoms with Gasteiger partial charge in [0.05, 0.1) is 0 Å². The fraction of sp³-hybridized carbons (Fsp3) is 0.667. The molecule has 1 saturated heterocycles. The van der Waals surface area contributed by atoms with Crippen molar-refractivity contribution in [2.24, 2.45) is 11.5 Å². The zero-order valence-electron chi connectivity index (χ0n) is 12.1. The summed E-state index contributed by atoms with van der Waals surface area (Å²) in [5.41, 5.74) is 9.88. The van der Waals surface area contributed by atoms with Crippen molar-refractivity contribution in [2.45, 2.75) is 27.2 Å². The van der Waals surface area contributed by atoms with Gasteiger partial charge in [0.15, 0.2) is 0 Å². The Morgan fingerprint density at radius 3 is 1.61 bits per heavy atom. The number of nitrogens with zero attached hydrogens (tertiary/aromatic N) is 2. The van der Waals surface area contributed by atoms with E-state index in [1.807, 2.05) is 21.0 Å². The molecule has 0 aromatic heterocycles. The number of carbonyl (C=O) groups is 2. The van der Waals surface area contributed by atoms with Gasteiger partial charge < -0.3 is 21.3 Å². The molecule has 0 saturated carbocycles. The minimum Gasteiger partial charge on any atom is -0.352 e. The van der Waals surface area contributed by atoms with E-state index in [-0.39, 0.29) is 6.03 Å². The van der Waals surface area contributed by atoms with Gasteiger partial charge in [-0.15, -0.1) is 0 Å². The van der Waals surface area contributed by atoms with Gasteiger partial charge in [0.25, 0.3) is 0 Å². The van der Waals surface area contributed by atoms with E-state index in [0.717, 1.165) is 19.5 Å². The highest BCUT2D eigenvalue weighted by molar-refractivity contribution is 5.74. The van der Waals surface area contributed by atoms with Crippen LogP contribution in [0.2, 0.25) is 0 Å². The first kappa shape index (κ1) is 18.6. The number of primary amides is 2. The SMILES string of the molecule is CC=C(C)C.CN1CCCN(C)C1=O.NC(N)=O. The van der Waals surface area contributed by atoms with Gasteiger partial charge in [-0.1, -0.05) is 11.6 Å². The molecule has 6 heteroatoms. The predicted molar refractivity (Wildman–Crippen MR) is 74.1 cm³/mol.